The fourth-order valence-corrected chi connectivity index (χ4v) is 2.81. The molecule has 1 N–H and O–H groups in total. The lowest BCUT2D eigenvalue weighted by Crippen LogP contribution is -2.13. The van der Waals surface area contributed by atoms with Gasteiger partial charge in [-0.15, -0.1) is 10.2 Å². The highest BCUT2D eigenvalue weighted by Gasteiger charge is 2.13. The molecule has 0 unspecified atom stereocenters. The number of halogens is 2. The first-order valence-electron chi connectivity index (χ1n) is 6.68. The predicted octanol–water partition coefficient (Wildman–Crippen LogP) is 4.71. The van der Waals surface area contributed by atoms with Crippen LogP contribution in [0.4, 0.5) is 5.69 Å². The topological polar surface area (TPSA) is 68.0 Å². The van der Waals surface area contributed by atoms with Crippen molar-refractivity contribution in [3.63, 3.8) is 0 Å². The average Bonchev–Trinajstić information content (AvgIpc) is 3.03. The van der Waals surface area contributed by atoms with E-state index in [1.54, 1.807) is 24.3 Å². The molecule has 5 nitrogen and oxygen atoms in total. The SMILES string of the molecule is Cc1ccc(-c2nnco2)cc1NC(=O)c1ccc(Br)cc1Cl. The third-order valence-corrected chi connectivity index (χ3v) is 4.07. The van der Waals surface area contributed by atoms with Gasteiger partial charge in [0.25, 0.3) is 5.91 Å². The van der Waals surface area contributed by atoms with Gasteiger partial charge >= 0.3 is 0 Å². The number of nitrogens with one attached hydrogen (secondary N) is 1. The first kappa shape index (κ1) is 15.7. The number of rotatable bonds is 3. The molecule has 1 amide bonds. The zero-order chi connectivity index (χ0) is 16.4. The van der Waals surface area contributed by atoms with Crippen molar-refractivity contribution in [1.29, 1.82) is 0 Å². The molecule has 0 spiro atoms. The number of aryl methyl sites for hydroxylation is 1. The second-order valence-electron chi connectivity index (χ2n) is 4.85. The fraction of sp³-hybridized carbons (Fsp3) is 0.0625. The molecule has 0 aliphatic carbocycles. The Morgan fingerprint density at radius 2 is 2.09 bits per heavy atom. The van der Waals surface area contributed by atoms with Crippen molar-refractivity contribution in [2.75, 3.05) is 5.32 Å². The van der Waals surface area contributed by atoms with Gasteiger partial charge in [-0.3, -0.25) is 4.79 Å². The molecule has 0 fully saturated rings. The van der Waals surface area contributed by atoms with Crippen LogP contribution in [0.25, 0.3) is 11.5 Å². The zero-order valence-corrected chi connectivity index (χ0v) is 14.4. The van der Waals surface area contributed by atoms with Crippen LogP contribution in [0, 0.1) is 6.92 Å². The number of benzene rings is 2. The van der Waals surface area contributed by atoms with E-state index >= 15 is 0 Å². The molecule has 3 aromatic rings. The maximum Gasteiger partial charge on any atom is 0.257 e. The Morgan fingerprint density at radius 3 is 2.78 bits per heavy atom. The Balaban J connectivity index is 1.90. The Kier molecular flexibility index (Phi) is 4.45. The normalized spacial score (nSPS) is 10.6. The minimum absolute atomic E-state index is 0.284. The van der Waals surface area contributed by atoms with Gasteiger partial charge < -0.3 is 9.73 Å². The molecule has 0 aliphatic heterocycles. The first-order valence-corrected chi connectivity index (χ1v) is 7.85. The number of anilines is 1. The van der Waals surface area contributed by atoms with Crippen molar-refractivity contribution in [1.82, 2.24) is 10.2 Å². The number of carbonyl (C=O) groups excluding carboxylic acids is 1. The average molecular weight is 393 g/mol. The monoisotopic (exact) mass is 391 g/mol. The summed E-state index contributed by atoms with van der Waals surface area (Å²) in [6.45, 7) is 1.90. The van der Waals surface area contributed by atoms with Crippen LogP contribution >= 0.6 is 27.5 Å². The molecule has 0 saturated carbocycles. The van der Waals surface area contributed by atoms with E-state index in [1.165, 1.54) is 6.39 Å². The summed E-state index contributed by atoms with van der Waals surface area (Å²) in [5.41, 5.74) is 2.70. The maximum absolute atomic E-state index is 12.4. The molecule has 1 aromatic heterocycles. The van der Waals surface area contributed by atoms with Gasteiger partial charge in [0.15, 0.2) is 0 Å². The van der Waals surface area contributed by atoms with Crippen molar-refractivity contribution in [2.24, 2.45) is 0 Å². The number of carbonyl (C=O) groups is 1. The van der Waals surface area contributed by atoms with E-state index in [0.717, 1.165) is 15.6 Å². The summed E-state index contributed by atoms with van der Waals surface area (Å²) in [6.07, 6.45) is 1.26. The molecule has 0 saturated heterocycles. The highest BCUT2D eigenvalue weighted by atomic mass is 79.9. The third kappa shape index (κ3) is 3.43. The van der Waals surface area contributed by atoms with Crippen LogP contribution in [0.2, 0.25) is 5.02 Å². The van der Waals surface area contributed by atoms with E-state index in [4.69, 9.17) is 16.0 Å². The lowest BCUT2D eigenvalue weighted by atomic mass is 10.1. The first-order chi connectivity index (χ1) is 11.0. The standard InChI is InChI=1S/C16H11BrClN3O2/c1-9-2-3-10(16-21-19-8-23-16)6-14(9)20-15(22)12-5-4-11(17)7-13(12)18/h2-8H,1H3,(H,20,22). The van der Waals surface area contributed by atoms with Gasteiger partial charge in [0, 0.05) is 15.7 Å². The van der Waals surface area contributed by atoms with Crippen molar-refractivity contribution in [3.05, 3.63) is 63.4 Å². The Labute approximate surface area is 145 Å². The maximum atomic E-state index is 12.4. The zero-order valence-electron chi connectivity index (χ0n) is 12.0. The van der Waals surface area contributed by atoms with Crippen LogP contribution in [-0.2, 0) is 0 Å². The quantitative estimate of drug-likeness (QED) is 0.700. The molecule has 0 atom stereocenters. The summed E-state index contributed by atoms with van der Waals surface area (Å²) in [7, 11) is 0. The lowest BCUT2D eigenvalue weighted by molar-refractivity contribution is 0.102. The van der Waals surface area contributed by atoms with Gasteiger partial charge in [-0.05, 0) is 42.8 Å². The lowest BCUT2D eigenvalue weighted by Gasteiger charge is -2.10. The second kappa shape index (κ2) is 6.52. The van der Waals surface area contributed by atoms with Gasteiger partial charge in [0.05, 0.1) is 10.6 Å². The molecule has 7 heteroatoms. The van der Waals surface area contributed by atoms with Gasteiger partial charge in [0.2, 0.25) is 12.3 Å². The molecule has 1 heterocycles. The van der Waals surface area contributed by atoms with E-state index in [9.17, 15) is 4.79 Å². The van der Waals surface area contributed by atoms with E-state index < -0.39 is 0 Å². The molecule has 3 rings (SSSR count). The molecule has 0 aliphatic rings. The van der Waals surface area contributed by atoms with Gasteiger partial charge in [-0.2, -0.15) is 0 Å². The number of aromatic nitrogens is 2. The Morgan fingerprint density at radius 1 is 1.26 bits per heavy atom. The summed E-state index contributed by atoms with van der Waals surface area (Å²) in [6, 6.07) is 10.6. The Bertz CT molecular complexity index is 866. The summed E-state index contributed by atoms with van der Waals surface area (Å²) in [4.78, 5) is 12.4. The van der Waals surface area contributed by atoms with Crippen LogP contribution in [0.5, 0.6) is 0 Å². The molecule has 23 heavy (non-hydrogen) atoms. The van der Waals surface area contributed by atoms with E-state index in [0.29, 0.717) is 22.2 Å². The Hall–Kier alpha value is -2.18. The van der Waals surface area contributed by atoms with Gasteiger partial charge in [-0.25, -0.2) is 0 Å². The molecular weight excluding hydrogens is 382 g/mol. The highest BCUT2D eigenvalue weighted by Crippen LogP contribution is 2.26. The van der Waals surface area contributed by atoms with E-state index in [1.807, 2.05) is 19.1 Å². The van der Waals surface area contributed by atoms with Crippen LogP contribution < -0.4 is 5.32 Å². The largest absolute Gasteiger partial charge is 0.423 e. The van der Waals surface area contributed by atoms with Crippen molar-refractivity contribution < 1.29 is 9.21 Å². The van der Waals surface area contributed by atoms with Crippen molar-refractivity contribution in [2.45, 2.75) is 6.92 Å². The molecule has 0 radical (unpaired) electrons. The smallest absolute Gasteiger partial charge is 0.257 e. The van der Waals surface area contributed by atoms with Crippen LogP contribution in [0.3, 0.4) is 0 Å². The van der Waals surface area contributed by atoms with E-state index in [2.05, 4.69) is 31.4 Å². The van der Waals surface area contributed by atoms with Crippen LogP contribution in [0.1, 0.15) is 15.9 Å². The number of hydrogen-bond donors (Lipinski definition) is 1. The minimum Gasteiger partial charge on any atom is -0.423 e. The predicted molar refractivity (Wildman–Crippen MR) is 91.6 cm³/mol. The van der Waals surface area contributed by atoms with Gasteiger partial charge in [-0.1, -0.05) is 33.6 Å². The highest BCUT2D eigenvalue weighted by molar-refractivity contribution is 9.10. The number of hydrogen-bond acceptors (Lipinski definition) is 4. The van der Waals surface area contributed by atoms with Crippen LogP contribution in [-0.4, -0.2) is 16.1 Å². The third-order valence-electron chi connectivity index (χ3n) is 3.27. The van der Waals surface area contributed by atoms with E-state index in [-0.39, 0.29) is 5.91 Å². The van der Waals surface area contributed by atoms with Crippen molar-refractivity contribution in [3.8, 4) is 11.5 Å². The summed E-state index contributed by atoms with van der Waals surface area (Å²) >= 11 is 9.43. The van der Waals surface area contributed by atoms with Gasteiger partial charge in [0.1, 0.15) is 0 Å². The summed E-state index contributed by atoms with van der Waals surface area (Å²) < 4.78 is 5.99. The van der Waals surface area contributed by atoms with Crippen molar-refractivity contribution >= 4 is 39.1 Å². The minimum atomic E-state index is -0.284. The molecule has 2 aromatic carbocycles. The molecule has 116 valence electrons. The summed E-state index contributed by atoms with van der Waals surface area (Å²) in [5.74, 6) is 0.107. The fourth-order valence-electron chi connectivity index (χ4n) is 2.05. The molecular formula is C16H11BrClN3O2. The molecule has 0 bridgehead atoms. The number of amides is 1. The summed E-state index contributed by atoms with van der Waals surface area (Å²) in [5, 5.41) is 10.8. The number of nitrogens with zero attached hydrogens (tertiary/aromatic N) is 2. The van der Waals surface area contributed by atoms with Crippen LogP contribution in [0.15, 0.2) is 51.7 Å². The second-order valence-corrected chi connectivity index (χ2v) is 6.17.